The van der Waals surface area contributed by atoms with Gasteiger partial charge in [0, 0.05) is 40.7 Å². The van der Waals surface area contributed by atoms with Crippen LogP contribution < -0.4 is 29.6 Å². The van der Waals surface area contributed by atoms with Gasteiger partial charge in [-0.1, -0.05) is 164 Å². The Morgan fingerprint density at radius 2 is 0.897 bits per heavy atom. The van der Waals surface area contributed by atoms with Crippen LogP contribution in [0.4, 0.5) is 0 Å². The number of rotatable bonds is 13. The summed E-state index contributed by atoms with van der Waals surface area (Å²) in [4.78, 5) is 0. The number of halogens is 2. The zero-order valence-electron chi connectivity index (χ0n) is 31.9. The van der Waals surface area contributed by atoms with Gasteiger partial charge in [-0.15, -0.1) is 6.58 Å². The Morgan fingerprint density at radius 3 is 1.12 bits per heavy atom. The number of sulfone groups is 2. The minimum atomic E-state index is -3.14. The number of hydrogen-bond donors (Lipinski definition) is 0. The Morgan fingerprint density at radius 1 is 0.586 bits per heavy atom. The minimum absolute atomic E-state index is 0. The molecule has 0 amide bonds. The second kappa shape index (κ2) is 43.9. The van der Waals surface area contributed by atoms with Gasteiger partial charge in [-0.3, -0.25) is 4.21 Å². The first-order valence-corrected chi connectivity index (χ1v) is 23.3. The fourth-order valence-corrected chi connectivity index (χ4v) is 6.49. The summed E-state index contributed by atoms with van der Waals surface area (Å²) < 4.78 is 66.4. The Kier molecular flexibility index (Phi) is 45.8. The van der Waals surface area contributed by atoms with Gasteiger partial charge in [-0.25, -0.2) is 16.8 Å². The molecule has 0 radical (unpaired) electrons. The summed E-state index contributed by atoms with van der Waals surface area (Å²) in [7, 11) is -6.29. The first kappa shape index (κ1) is 60.5. The van der Waals surface area contributed by atoms with Gasteiger partial charge in [0.15, 0.2) is 19.7 Å². The number of nitrogens with zero attached hydrogens (tertiary/aromatic N) is 5. The molecule has 0 aliphatic carbocycles. The summed E-state index contributed by atoms with van der Waals surface area (Å²) >= 11 is 4.26. The van der Waals surface area contributed by atoms with E-state index in [1.165, 1.54) is 36.5 Å². The molecule has 0 aromatic heterocycles. The standard InChI is InChI=1S/2C11H11NO2S.C7H8O2S.2C4H4BrN.C4H5N.Na/c2*12-8-4-5-9-15(13,14)10-11-6-2-1-3-7-11;8-10(9)6-7-4-2-1-3-5-7;2*5-3-1-2-4-6;1-2-3-4-5;/h2*1-7H,9-10H2;1-5H,6H2,(H,8,9);2*1-2H,3H2;2H,1,3H2;/q;;;;;;+1/p-1/b5-4+;5-4-;;2-1+;2-1-;;. The Bertz CT molecular complexity index is 1990. The maximum Gasteiger partial charge on any atom is 1.00 e. The van der Waals surface area contributed by atoms with E-state index >= 15 is 0 Å². The summed E-state index contributed by atoms with van der Waals surface area (Å²) in [5.74, 6) is -0.0288. The van der Waals surface area contributed by atoms with Crippen LogP contribution in [0.2, 0.25) is 0 Å². The van der Waals surface area contributed by atoms with Gasteiger partial charge < -0.3 is 4.55 Å². The molecule has 3 aromatic carbocycles. The van der Waals surface area contributed by atoms with Crippen LogP contribution >= 0.6 is 31.9 Å². The largest absolute Gasteiger partial charge is 1.00 e. The Labute approximate surface area is 385 Å². The Balaban J connectivity index is -0.000000317. The van der Waals surface area contributed by atoms with Crippen molar-refractivity contribution in [3.05, 3.63) is 169 Å². The summed E-state index contributed by atoms with van der Waals surface area (Å²) in [6.07, 6.45) is 13.5. The van der Waals surface area contributed by atoms with E-state index in [4.69, 9.17) is 26.3 Å². The molecule has 0 aliphatic rings. The number of benzene rings is 3. The van der Waals surface area contributed by atoms with E-state index in [1.807, 2.05) is 48.5 Å². The summed E-state index contributed by atoms with van der Waals surface area (Å²) in [5.41, 5.74) is 2.36. The van der Waals surface area contributed by atoms with Crippen LogP contribution in [0, 0.1) is 56.7 Å². The molecule has 3 rings (SSSR count). The van der Waals surface area contributed by atoms with Crippen LogP contribution in [0.3, 0.4) is 0 Å². The molecular formula is C41H42Br2N5NaO6S3. The molecule has 0 heterocycles. The topological polar surface area (TPSA) is 227 Å². The van der Waals surface area contributed by atoms with Crippen molar-refractivity contribution in [1.82, 2.24) is 0 Å². The summed E-state index contributed by atoms with van der Waals surface area (Å²) in [6, 6.07) is 36.2. The van der Waals surface area contributed by atoms with Crippen molar-refractivity contribution in [3.8, 4) is 30.3 Å². The molecule has 1 unspecified atom stereocenters. The maximum atomic E-state index is 11.5. The zero-order chi connectivity index (χ0) is 43.5. The second-order valence-corrected chi connectivity index (χ2v) is 16.5. The summed E-state index contributed by atoms with van der Waals surface area (Å²) in [5, 5.41) is 41.4. The fraction of sp³-hybridized carbons (Fsp3) is 0.195. The normalized spacial score (nSPS) is 10.4. The third-order valence-corrected chi connectivity index (χ3v) is 9.73. The van der Waals surface area contributed by atoms with Gasteiger partial charge in [0.25, 0.3) is 0 Å². The van der Waals surface area contributed by atoms with E-state index in [-0.39, 0.29) is 58.3 Å². The molecule has 11 nitrogen and oxygen atoms in total. The van der Waals surface area contributed by atoms with Gasteiger partial charge in [0.1, 0.15) is 0 Å². The minimum Gasteiger partial charge on any atom is -0.772 e. The smallest absolute Gasteiger partial charge is 0.772 e. The van der Waals surface area contributed by atoms with Crippen molar-refractivity contribution < 1.29 is 55.2 Å². The SMILES string of the molecule is C=CCC#N.N#C/C=C/CBr.N#C/C=C/CS(=O)(=O)Cc1ccccc1.N#C/C=C\CBr.N#C/C=C\CS(=O)(=O)Cc1ccccc1.O=S([O-])Cc1ccccc1.[Na+]. The molecule has 300 valence electrons. The number of hydrogen-bond acceptors (Lipinski definition) is 11. The second-order valence-electron chi connectivity index (χ2n) is 10.1. The van der Waals surface area contributed by atoms with Crippen LogP contribution in [-0.4, -0.2) is 47.8 Å². The molecule has 1 atom stereocenters. The van der Waals surface area contributed by atoms with Crippen molar-refractivity contribution in [2.75, 3.05) is 22.2 Å². The van der Waals surface area contributed by atoms with E-state index < -0.39 is 30.8 Å². The predicted molar refractivity (Wildman–Crippen MR) is 234 cm³/mol. The van der Waals surface area contributed by atoms with Crippen LogP contribution in [0.5, 0.6) is 0 Å². The maximum absolute atomic E-state index is 11.5. The molecule has 0 saturated carbocycles. The molecule has 0 aliphatic heterocycles. The molecule has 3 aromatic rings. The van der Waals surface area contributed by atoms with Gasteiger partial charge in [-0.2, -0.15) is 26.3 Å². The number of alkyl halides is 2. The average molecular weight is 980 g/mol. The molecule has 0 spiro atoms. The van der Waals surface area contributed by atoms with Gasteiger partial charge in [0.2, 0.25) is 0 Å². The van der Waals surface area contributed by atoms with Crippen LogP contribution in [-0.2, 0) is 48.0 Å². The quantitative estimate of drug-likeness (QED) is 0.0689. The molecule has 17 heteroatoms. The number of nitriles is 5. The van der Waals surface area contributed by atoms with E-state index in [2.05, 4.69) is 38.4 Å². The van der Waals surface area contributed by atoms with Crippen molar-refractivity contribution in [2.24, 2.45) is 0 Å². The first-order chi connectivity index (χ1) is 27.3. The van der Waals surface area contributed by atoms with Gasteiger partial charge in [-0.05, 0) is 16.7 Å². The van der Waals surface area contributed by atoms with Crippen molar-refractivity contribution in [2.45, 2.75) is 23.7 Å². The monoisotopic (exact) mass is 977 g/mol. The third-order valence-electron chi connectivity index (χ3n) is 5.47. The van der Waals surface area contributed by atoms with E-state index in [1.54, 1.807) is 91.0 Å². The zero-order valence-corrected chi connectivity index (χ0v) is 39.5. The van der Waals surface area contributed by atoms with Gasteiger partial charge >= 0.3 is 29.6 Å². The summed E-state index contributed by atoms with van der Waals surface area (Å²) in [6.45, 7) is 3.33. The average Bonchev–Trinajstić information content (AvgIpc) is 3.18. The molecule has 0 saturated heterocycles. The van der Waals surface area contributed by atoms with E-state index in [0.29, 0.717) is 6.42 Å². The van der Waals surface area contributed by atoms with Gasteiger partial charge in [0.05, 0.1) is 59.8 Å². The van der Waals surface area contributed by atoms with E-state index in [0.717, 1.165) is 27.4 Å². The van der Waals surface area contributed by atoms with Crippen LogP contribution in [0.1, 0.15) is 23.1 Å². The van der Waals surface area contributed by atoms with Crippen LogP contribution in [0.15, 0.2) is 152 Å². The Hall–Kier alpha value is -4.22. The molecular weight excluding hydrogens is 937 g/mol. The van der Waals surface area contributed by atoms with Crippen LogP contribution in [0.25, 0.3) is 0 Å². The van der Waals surface area contributed by atoms with Crippen molar-refractivity contribution in [1.29, 1.82) is 26.3 Å². The first-order valence-electron chi connectivity index (χ1n) is 16.2. The molecule has 58 heavy (non-hydrogen) atoms. The fourth-order valence-electron chi connectivity index (χ4n) is 3.24. The third kappa shape index (κ3) is 46.2. The molecule has 0 N–H and O–H groups in total. The molecule has 0 bridgehead atoms. The predicted octanol–water partition coefficient (Wildman–Crippen LogP) is 5.44. The van der Waals surface area contributed by atoms with E-state index in [9.17, 15) is 25.6 Å². The van der Waals surface area contributed by atoms with Crippen molar-refractivity contribution in [3.63, 3.8) is 0 Å². The van der Waals surface area contributed by atoms with Crippen molar-refractivity contribution >= 4 is 62.6 Å². The molecule has 0 fully saturated rings. The number of allylic oxidation sites excluding steroid dienone is 7.